The lowest BCUT2D eigenvalue weighted by Gasteiger charge is -2.29. The molecule has 98 valence electrons. The number of nitro benzene ring substituents is 1. The Morgan fingerprint density at radius 3 is 2.72 bits per heavy atom. The second-order valence-corrected chi connectivity index (χ2v) is 4.79. The standard InChI is InChI=1S/C11H13BrN2O2.CH2O/c1-2-13-5-3-4-8-6-9(12)7-10(11(8)13)14(15)16;1-2/h6-7H,2-5H2,1H3;1H2. The summed E-state index contributed by atoms with van der Waals surface area (Å²) >= 11 is 3.33. The molecular formula is C12H15BrN2O3. The van der Waals surface area contributed by atoms with E-state index in [1.807, 2.05) is 19.8 Å². The molecule has 0 aromatic heterocycles. The van der Waals surface area contributed by atoms with Gasteiger partial charge in [0.1, 0.15) is 12.5 Å². The zero-order valence-corrected chi connectivity index (χ0v) is 11.8. The molecule has 0 atom stereocenters. The first kappa shape index (κ1) is 14.6. The Morgan fingerprint density at radius 2 is 2.17 bits per heavy atom. The van der Waals surface area contributed by atoms with E-state index in [-0.39, 0.29) is 10.6 Å². The van der Waals surface area contributed by atoms with Crippen molar-refractivity contribution in [2.45, 2.75) is 19.8 Å². The molecule has 18 heavy (non-hydrogen) atoms. The Kier molecular flexibility index (Phi) is 5.27. The SMILES string of the molecule is C=O.CCN1CCCc2cc(Br)cc([N+](=O)[O-])c21. The Morgan fingerprint density at radius 1 is 1.50 bits per heavy atom. The minimum atomic E-state index is -0.294. The average molecular weight is 315 g/mol. The monoisotopic (exact) mass is 314 g/mol. The maximum Gasteiger partial charge on any atom is 0.293 e. The van der Waals surface area contributed by atoms with Gasteiger partial charge in [0.05, 0.1) is 4.92 Å². The Labute approximate surface area is 114 Å². The highest BCUT2D eigenvalue weighted by molar-refractivity contribution is 9.10. The van der Waals surface area contributed by atoms with E-state index in [4.69, 9.17) is 4.79 Å². The molecule has 1 aliphatic heterocycles. The molecule has 0 N–H and O–H groups in total. The summed E-state index contributed by atoms with van der Waals surface area (Å²) in [4.78, 5) is 20.8. The fourth-order valence-corrected chi connectivity index (χ4v) is 2.72. The number of benzene rings is 1. The van der Waals surface area contributed by atoms with Gasteiger partial charge in [0.15, 0.2) is 0 Å². The summed E-state index contributed by atoms with van der Waals surface area (Å²) in [5.74, 6) is 0. The van der Waals surface area contributed by atoms with Gasteiger partial charge in [-0.1, -0.05) is 15.9 Å². The van der Waals surface area contributed by atoms with Gasteiger partial charge in [0.25, 0.3) is 5.69 Å². The number of hydrogen-bond acceptors (Lipinski definition) is 4. The van der Waals surface area contributed by atoms with Crippen molar-refractivity contribution in [1.29, 1.82) is 0 Å². The van der Waals surface area contributed by atoms with Crippen LogP contribution in [-0.4, -0.2) is 24.8 Å². The average Bonchev–Trinajstić information content (AvgIpc) is 2.39. The lowest BCUT2D eigenvalue weighted by Crippen LogP contribution is -2.29. The zero-order valence-electron chi connectivity index (χ0n) is 10.2. The lowest BCUT2D eigenvalue weighted by molar-refractivity contribution is -0.384. The fourth-order valence-electron chi connectivity index (χ4n) is 2.22. The third-order valence-corrected chi connectivity index (χ3v) is 3.36. The van der Waals surface area contributed by atoms with Crippen molar-refractivity contribution in [3.05, 3.63) is 32.3 Å². The van der Waals surface area contributed by atoms with Gasteiger partial charge in [-0.15, -0.1) is 0 Å². The normalized spacial score (nSPS) is 13.3. The number of anilines is 1. The maximum absolute atomic E-state index is 11.0. The fraction of sp³-hybridized carbons (Fsp3) is 0.417. The van der Waals surface area contributed by atoms with E-state index in [1.54, 1.807) is 6.07 Å². The van der Waals surface area contributed by atoms with Crippen LogP contribution in [0, 0.1) is 10.1 Å². The van der Waals surface area contributed by atoms with E-state index < -0.39 is 0 Å². The van der Waals surface area contributed by atoms with Crippen molar-refractivity contribution in [2.24, 2.45) is 0 Å². The molecule has 6 heteroatoms. The molecule has 1 heterocycles. The van der Waals surface area contributed by atoms with Crippen LogP contribution >= 0.6 is 15.9 Å². The van der Waals surface area contributed by atoms with Crippen LogP contribution in [-0.2, 0) is 11.2 Å². The van der Waals surface area contributed by atoms with Gasteiger partial charge in [-0.2, -0.15) is 0 Å². The Bertz CT molecular complexity index is 451. The molecule has 0 bridgehead atoms. The highest BCUT2D eigenvalue weighted by atomic mass is 79.9. The molecule has 2 rings (SSSR count). The van der Waals surface area contributed by atoms with Crippen LogP contribution in [0.3, 0.4) is 0 Å². The number of nitro groups is 1. The van der Waals surface area contributed by atoms with Crippen LogP contribution in [0.1, 0.15) is 18.9 Å². The van der Waals surface area contributed by atoms with E-state index in [1.165, 1.54) is 0 Å². The van der Waals surface area contributed by atoms with Crippen molar-refractivity contribution in [2.75, 3.05) is 18.0 Å². The van der Waals surface area contributed by atoms with Crippen molar-refractivity contribution >= 4 is 34.1 Å². The van der Waals surface area contributed by atoms with Crippen molar-refractivity contribution in [3.8, 4) is 0 Å². The molecule has 0 fully saturated rings. The largest absolute Gasteiger partial charge is 0.366 e. The molecule has 0 spiro atoms. The first-order valence-electron chi connectivity index (χ1n) is 5.64. The van der Waals surface area contributed by atoms with Gasteiger partial charge < -0.3 is 9.69 Å². The van der Waals surface area contributed by atoms with Gasteiger partial charge in [0.2, 0.25) is 0 Å². The molecule has 0 aliphatic carbocycles. The zero-order chi connectivity index (χ0) is 13.7. The summed E-state index contributed by atoms with van der Waals surface area (Å²) in [7, 11) is 0. The van der Waals surface area contributed by atoms with Crippen LogP contribution < -0.4 is 4.90 Å². The van der Waals surface area contributed by atoms with Gasteiger partial charge in [-0.05, 0) is 31.4 Å². The van der Waals surface area contributed by atoms with Crippen LogP contribution in [0.5, 0.6) is 0 Å². The number of hydrogen-bond donors (Lipinski definition) is 0. The molecular weight excluding hydrogens is 300 g/mol. The highest BCUT2D eigenvalue weighted by Crippen LogP contribution is 2.38. The van der Waals surface area contributed by atoms with Crippen molar-refractivity contribution in [1.82, 2.24) is 0 Å². The maximum atomic E-state index is 11.0. The highest BCUT2D eigenvalue weighted by Gasteiger charge is 2.26. The van der Waals surface area contributed by atoms with Gasteiger partial charge in [-0.25, -0.2) is 0 Å². The number of rotatable bonds is 2. The van der Waals surface area contributed by atoms with Crippen LogP contribution in [0.4, 0.5) is 11.4 Å². The number of nitrogens with zero attached hydrogens (tertiary/aromatic N) is 2. The minimum absolute atomic E-state index is 0.214. The van der Waals surface area contributed by atoms with Crippen molar-refractivity contribution < 1.29 is 9.72 Å². The third-order valence-electron chi connectivity index (χ3n) is 2.90. The third kappa shape index (κ3) is 2.87. The molecule has 1 aromatic rings. The van der Waals surface area contributed by atoms with Gasteiger partial charge in [0, 0.05) is 23.6 Å². The quantitative estimate of drug-likeness (QED) is 0.622. The van der Waals surface area contributed by atoms with E-state index >= 15 is 0 Å². The van der Waals surface area contributed by atoms with E-state index in [0.29, 0.717) is 0 Å². The van der Waals surface area contributed by atoms with Crippen LogP contribution in [0.25, 0.3) is 0 Å². The van der Waals surface area contributed by atoms with Gasteiger partial charge in [-0.3, -0.25) is 10.1 Å². The predicted octanol–water partition coefficient (Wildman–Crippen LogP) is 2.94. The molecule has 0 unspecified atom stereocenters. The van der Waals surface area contributed by atoms with Gasteiger partial charge >= 0.3 is 0 Å². The van der Waals surface area contributed by atoms with E-state index in [2.05, 4.69) is 20.8 Å². The summed E-state index contributed by atoms with van der Waals surface area (Å²) in [6.07, 6.45) is 1.99. The first-order chi connectivity index (χ1) is 8.63. The van der Waals surface area contributed by atoms with Crippen LogP contribution in [0.2, 0.25) is 0 Å². The van der Waals surface area contributed by atoms with Crippen molar-refractivity contribution in [3.63, 3.8) is 0 Å². The number of halogens is 1. The van der Waals surface area contributed by atoms with E-state index in [0.717, 1.165) is 41.7 Å². The topological polar surface area (TPSA) is 63.5 Å². The smallest absolute Gasteiger partial charge is 0.293 e. The molecule has 0 saturated carbocycles. The first-order valence-corrected chi connectivity index (χ1v) is 6.43. The molecule has 0 radical (unpaired) electrons. The summed E-state index contributed by atoms with van der Waals surface area (Å²) in [5.41, 5.74) is 2.10. The second-order valence-electron chi connectivity index (χ2n) is 3.87. The number of carbonyl (C=O) groups excluding carboxylic acids is 1. The van der Waals surface area contributed by atoms with E-state index in [9.17, 15) is 10.1 Å². The molecule has 1 aromatic carbocycles. The second kappa shape index (κ2) is 6.49. The number of carbonyl (C=O) groups is 1. The lowest BCUT2D eigenvalue weighted by atomic mass is 10.0. The molecule has 0 saturated heterocycles. The molecule has 5 nitrogen and oxygen atoms in total. The number of fused-ring (bicyclic) bond motifs is 1. The summed E-state index contributed by atoms with van der Waals surface area (Å²) in [6.45, 7) is 5.75. The molecule has 1 aliphatic rings. The Balaban J connectivity index is 0.000000771. The summed E-state index contributed by atoms with van der Waals surface area (Å²) in [6, 6.07) is 3.58. The predicted molar refractivity (Wildman–Crippen MR) is 74.1 cm³/mol. The molecule has 0 amide bonds. The Hall–Kier alpha value is -1.43. The summed E-state index contributed by atoms with van der Waals surface area (Å²) in [5, 5.41) is 11.0. The summed E-state index contributed by atoms with van der Waals surface area (Å²) < 4.78 is 0.788. The van der Waals surface area contributed by atoms with Crippen LogP contribution in [0.15, 0.2) is 16.6 Å². The number of aryl methyl sites for hydroxylation is 1. The minimum Gasteiger partial charge on any atom is -0.366 e.